The number of hydrogen-bond donors (Lipinski definition) is 2. The van der Waals surface area contributed by atoms with Gasteiger partial charge in [-0.15, -0.1) is 0 Å². The number of nitrogens with zero attached hydrogens (tertiary/aromatic N) is 1. The van der Waals surface area contributed by atoms with Crippen molar-refractivity contribution in [1.29, 1.82) is 0 Å². The summed E-state index contributed by atoms with van der Waals surface area (Å²) in [5, 5.41) is 6.03. The third kappa shape index (κ3) is 3.66. The van der Waals surface area contributed by atoms with Crippen molar-refractivity contribution < 1.29 is 14.3 Å². The highest BCUT2D eigenvalue weighted by Gasteiger charge is 2.21. The molecular formula is C17H17N3O3. The molecule has 1 aliphatic rings. The van der Waals surface area contributed by atoms with Gasteiger partial charge >= 0.3 is 5.97 Å². The van der Waals surface area contributed by atoms with Crippen LogP contribution in [0.4, 0.5) is 11.4 Å². The Bertz CT molecular complexity index is 741. The molecule has 6 heteroatoms. The van der Waals surface area contributed by atoms with Gasteiger partial charge in [-0.05, 0) is 31.0 Å². The van der Waals surface area contributed by atoms with Crippen LogP contribution in [0.3, 0.4) is 0 Å². The number of ether oxygens (including phenoxy) is 1. The Kier molecular flexibility index (Phi) is 4.23. The van der Waals surface area contributed by atoms with Crippen LogP contribution in [0.25, 0.3) is 0 Å². The molecule has 0 unspecified atom stereocenters. The molecule has 1 heterocycles. The van der Waals surface area contributed by atoms with Crippen LogP contribution in [0, 0.1) is 0 Å². The highest BCUT2D eigenvalue weighted by atomic mass is 16.5. The van der Waals surface area contributed by atoms with E-state index in [-0.39, 0.29) is 5.91 Å². The minimum Gasteiger partial charge on any atom is -0.465 e. The van der Waals surface area contributed by atoms with Crippen LogP contribution in [-0.4, -0.2) is 30.0 Å². The van der Waals surface area contributed by atoms with Gasteiger partial charge < -0.3 is 15.4 Å². The number of anilines is 2. The highest BCUT2D eigenvalue weighted by molar-refractivity contribution is 6.08. The number of esters is 1. The molecule has 1 fully saturated rings. The van der Waals surface area contributed by atoms with Gasteiger partial charge in [0.15, 0.2) is 0 Å². The van der Waals surface area contributed by atoms with Gasteiger partial charge in [-0.25, -0.2) is 4.79 Å². The van der Waals surface area contributed by atoms with Gasteiger partial charge in [0.1, 0.15) is 0 Å². The second-order valence-corrected chi connectivity index (χ2v) is 5.37. The molecule has 0 saturated heterocycles. The number of carbonyl (C=O) groups excluding carboxylic acids is 2. The van der Waals surface area contributed by atoms with Gasteiger partial charge in [0, 0.05) is 18.4 Å². The van der Waals surface area contributed by atoms with E-state index < -0.39 is 5.97 Å². The Morgan fingerprint density at radius 2 is 2.00 bits per heavy atom. The Hall–Kier alpha value is -2.89. The first-order valence-corrected chi connectivity index (χ1v) is 7.37. The number of pyridine rings is 1. The van der Waals surface area contributed by atoms with Crippen LogP contribution in [-0.2, 0) is 4.74 Å². The molecule has 3 rings (SSSR count). The summed E-state index contributed by atoms with van der Waals surface area (Å²) in [7, 11) is 1.30. The van der Waals surface area contributed by atoms with E-state index in [4.69, 9.17) is 4.74 Å². The quantitative estimate of drug-likeness (QED) is 0.830. The first kappa shape index (κ1) is 15.0. The number of carbonyl (C=O) groups is 2. The normalized spacial score (nSPS) is 13.3. The maximum absolute atomic E-state index is 12.4. The van der Waals surface area contributed by atoms with Crippen molar-refractivity contribution >= 4 is 23.3 Å². The third-order valence-corrected chi connectivity index (χ3v) is 3.53. The standard InChI is InChI=1S/C17H17N3O3/c1-23-17(22)14-4-2-3-5-15(14)20-16(21)11-8-13(10-18-9-11)19-12-6-7-12/h2-5,8-10,12,19H,6-7H2,1H3,(H,20,21). The molecule has 0 bridgehead atoms. The maximum Gasteiger partial charge on any atom is 0.339 e. The second-order valence-electron chi connectivity index (χ2n) is 5.37. The second kappa shape index (κ2) is 6.48. The molecule has 1 amide bonds. The van der Waals surface area contributed by atoms with Gasteiger partial charge in [0.05, 0.1) is 29.6 Å². The fourth-order valence-corrected chi connectivity index (χ4v) is 2.18. The summed E-state index contributed by atoms with van der Waals surface area (Å²) in [4.78, 5) is 28.2. The molecule has 1 saturated carbocycles. The predicted molar refractivity (Wildman–Crippen MR) is 86.6 cm³/mol. The zero-order valence-corrected chi connectivity index (χ0v) is 12.7. The number of nitrogens with one attached hydrogen (secondary N) is 2. The minimum absolute atomic E-state index is 0.309. The van der Waals surface area contributed by atoms with E-state index in [9.17, 15) is 9.59 Å². The van der Waals surface area contributed by atoms with E-state index in [2.05, 4.69) is 15.6 Å². The molecule has 23 heavy (non-hydrogen) atoms. The van der Waals surface area contributed by atoms with Crippen molar-refractivity contribution in [3.63, 3.8) is 0 Å². The molecular weight excluding hydrogens is 294 g/mol. The monoisotopic (exact) mass is 311 g/mol. The van der Waals surface area contributed by atoms with Crippen molar-refractivity contribution in [2.24, 2.45) is 0 Å². The van der Waals surface area contributed by atoms with Gasteiger partial charge in [0.2, 0.25) is 0 Å². The average molecular weight is 311 g/mol. The lowest BCUT2D eigenvalue weighted by Gasteiger charge is -2.10. The summed E-state index contributed by atoms with van der Waals surface area (Å²) >= 11 is 0. The Labute approximate surface area is 133 Å². The van der Waals surface area contributed by atoms with Crippen LogP contribution in [0.5, 0.6) is 0 Å². The lowest BCUT2D eigenvalue weighted by molar-refractivity contribution is 0.0602. The number of methoxy groups -OCH3 is 1. The van der Waals surface area contributed by atoms with Crippen LogP contribution >= 0.6 is 0 Å². The van der Waals surface area contributed by atoms with Gasteiger partial charge in [-0.1, -0.05) is 12.1 Å². The zero-order valence-electron chi connectivity index (χ0n) is 12.7. The van der Waals surface area contributed by atoms with E-state index in [1.165, 1.54) is 13.3 Å². The molecule has 1 aromatic carbocycles. The summed E-state index contributed by atoms with van der Waals surface area (Å²) in [5.41, 5.74) is 1.96. The molecule has 2 N–H and O–H groups in total. The summed E-state index contributed by atoms with van der Waals surface area (Å²) in [5.74, 6) is -0.823. The van der Waals surface area contributed by atoms with E-state index in [1.54, 1.807) is 36.5 Å². The van der Waals surface area contributed by atoms with Crippen LogP contribution in [0.15, 0.2) is 42.7 Å². The first-order chi connectivity index (χ1) is 11.2. The minimum atomic E-state index is -0.497. The number of amides is 1. The van der Waals surface area contributed by atoms with Crippen molar-refractivity contribution in [3.05, 3.63) is 53.9 Å². The fraction of sp³-hybridized carbons (Fsp3) is 0.235. The zero-order chi connectivity index (χ0) is 16.2. The van der Waals surface area contributed by atoms with Crippen molar-refractivity contribution in [2.45, 2.75) is 18.9 Å². The Morgan fingerprint density at radius 3 is 2.74 bits per heavy atom. The Morgan fingerprint density at radius 1 is 1.22 bits per heavy atom. The summed E-state index contributed by atoms with van der Waals surface area (Å²) in [6.45, 7) is 0. The number of hydrogen-bond acceptors (Lipinski definition) is 5. The van der Waals surface area contributed by atoms with Crippen molar-refractivity contribution in [2.75, 3.05) is 17.7 Å². The van der Waals surface area contributed by atoms with E-state index in [0.29, 0.717) is 22.9 Å². The largest absolute Gasteiger partial charge is 0.465 e. The topological polar surface area (TPSA) is 80.3 Å². The fourth-order valence-electron chi connectivity index (χ4n) is 2.18. The summed E-state index contributed by atoms with van der Waals surface area (Å²) in [6, 6.07) is 8.95. The number of para-hydroxylation sites is 1. The molecule has 2 aromatic rings. The molecule has 1 aromatic heterocycles. The summed E-state index contributed by atoms with van der Waals surface area (Å²) < 4.78 is 4.72. The smallest absolute Gasteiger partial charge is 0.339 e. The SMILES string of the molecule is COC(=O)c1ccccc1NC(=O)c1cncc(NC2CC2)c1. The van der Waals surface area contributed by atoms with Gasteiger partial charge in [-0.3, -0.25) is 9.78 Å². The summed E-state index contributed by atoms with van der Waals surface area (Å²) in [6.07, 6.45) is 5.47. The van der Waals surface area contributed by atoms with E-state index in [1.807, 2.05) is 0 Å². The molecule has 0 aliphatic heterocycles. The van der Waals surface area contributed by atoms with Crippen LogP contribution in [0.1, 0.15) is 33.6 Å². The first-order valence-electron chi connectivity index (χ1n) is 7.37. The lowest BCUT2D eigenvalue weighted by Crippen LogP contribution is -2.16. The van der Waals surface area contributed by atoms with Gasteiger partial charge in [0.25, 0.3) is 5.91 Å². The molecule has 0 atom stereocenters. The molecule has 0 spiro atoms. The van der Waals surface area contributed by atoms with E-state index in [0.717, 1.165) is 18.5 Å². The van der Waals surface area contributed by atoms with Crippen LogP contribution < -0.4 is 10.6 Å². The highest BCUT2D eigenvalue weighted by Crippen LogP contribution is 2.25. The molecule has 6 nitrogen and oxygen atoms in total. The maximum atomic E-state index is 12.4. The average Bonchev–Trinajstić information content (AvgIpc) is 3.39. The number of rotatable bonds is 5. The Balaban J connectivity index is 1.78. The predicted octanol–water partition coefficient (Wildman–Crippen LogP) is 2.69. The van der Waals surface area contributed by atoms with Crippen molar-refractivity contribution in [3.8, 4) is 0 Å². The number of aromatic nitrogens is 1. The lowest BCUT2D eigenvalue weighted by atomic mass is 10.1. The van der Waals surface area contributed by atoms with Crippen molar-refractivity contribution in [1.82, 2.24) is 4.98 Å². The number of benzene rings is 1. The molecule has 118 valence electrons. The van der Waals surface area contributed by atoms with Gasteiger partial charge in [-0.2, -0.15) is 0 Å². The third-order valence-electron chi connectivity index (χ3n) is 3.53. The molecule has 1 aliphatic carbocycles. The van der Waals surface area contributed by atoms with Crippen LogP contribution in [0.2, 0.25) is 0 Å². The van der Waals surface area contributed by atoms with E-state index >= 15 is 0 Å². The molecule has 0 radical (unpaired) electrons.